The van der Waals surface area contributed by atoms with E-state index < -0.39 is 0 Å². The van der Waals surface area contributed by atoms with Crippen molar-refractivity contribution in [2.45, 2.75) is 20.3 Å². The molecule has 2 heterocycles. The molecule has 0 radical (unpaired) electrons. The number of nitrogens with zero attached hydrogens (tertiary/aromatic N) is 2. The van der Waals surface area contributed by atoms with Crippen molar-refractivity contribution in [1.29, 1.82) is 0 Å². The first-order valence-electron chi connectivity index (χ1n) is 7.45. The molecule has 2 aromatic rings. The van der Waals surface area contributed by atoms with Crippen molar-refractivity contribution < 1.29 is 4.79 Å². The van der Waals surface area contributed by atoms with Crippen LogP contribution in [0.25, 0.3) is 11.3 Å². The van der Waals surface area contributed by atoms with Crippen LogP contribution in [0, 0.1) is 11.8 Å². The van der Waals surface area contributed by atoms with E-state index in [-0.39, 0.29) is 0 Å². The van der Waals surface area contributed by atoms with Crippen molar-refractivity contribution in [3.63, 3.8) is 0 Å². The van der Waals surface area contributed by atoms with E-state index in [9.17, 15) is 4.79 Å². The summed E-state index contributed by atoms with van der Waals surface area (Å²) in [6.45, 7) is 6.66. The average Bonchev–Trinajstić information content (AvgIpc) is 3.14. The Morgan fingerprint density at radius 1 is 1.33 bits per heavy atom. The van der Waals surface area contributed by atoms with Crippen LogP contribution < -0.4 is 4.90 Å². The van der Waals surface area contributed by atoms with Gasteiger partial charge in [-0.3, -0.25) is 4.79 Å². The fourth-order valence-electron chi connectivity index (χ4n) is 2.84. The molecule has 0 amide bonds. The van der Waals surface area contributed by atoms with Gasteiger partial charge in [0.1, 0.15) is 0 Å². The molecule has 1 aromatic carbocycles. The maximum Gasteiger partial charge on any atom is 0.186 e. The number of aldehydes is 1. The Balaban J connectivity index is 1.89. The number of hydrogen-bond acceptors (Lipinski definition) is 4. The number of benzene rings is 1. The SMILES string of the molecule is CC(C)C1CCN(c2nc(-c3ccccc3)c(C=O)s2)C1. The molecule has 21 heavy (non-hydrogen) atoms. The summed E-state index contributed by atoms with van der Waals surface area (Å²) in [6.07, 6.45) is 2.15. The molecule has 1 unspecified atom stereocenters. The van der Waals surface area contributed by atoms with Crippen molar-refractivity contribution in [2.24, 2.45) is 11.8 Å². The zero-order valence-corrected chi connectivity index (χ0v) is 13.3. The van der Waals surface area contributed by atoms with E-state index in [1.807, 2.05) is 30.3 Å². The van der Waals surface area contributed by atoms with Gasteiger partial charge in [0.2, 0.25) is 0 Å². The zero-order valence-electron chi connectivity index (χ0n) is 12.5. The van der Waals surface area contributed by atoms with Crippen LogP contribution >= 0.6 is 11.3 Å². The summed E-state index contributed by atoms with van der Waals surface area (Å²) in [5, 5.41) is 0.985. The largest absolute Gasteiger partial charge is 0.348 e. The predicted molar refractivity (Wildman–Crippen MR) is 88.1 cm³/mol. The first-order valence-corrected chi connectivity index (χ1v) is 8.27. The van der Waals surface area contributed by atoms with Gasteiger partial charge in [-0.15, -0.1) is 0 Å². The van der Waals surface area contributed by atoms with Crippen LogP contribution in [0.15, 0.2) is 30.3 Å². The second kappa shape index (κ2) is 5.98. The van der Waals surface area contributed by atoms with E-state index in [1.165, 1.54) is 17.8 Å². The maximum atomic E-state index is 11.4. The van der Waals surface area contributed by atoms with Gasteiger partial charge in [0.05, 0.1) is 10.6 Å². The van der Waals surface area contributed by atoms with Crippen molar-refractivity contribution >= 4 is 22.8 Å². The molecule has 1 aromatic heterocycles. The molecule has 0 saturated carbocycles. The topological polar surface area (TPSA) is 33.2 Å². The van der Waals surface area contributed by atoms with Crippen molar-refractivity contribution in [3.8, 4) is 11.3 Å². The van der Waals surface area contributed by atoms with E-state index in [4.69, 9.17) is 4.98 Å². The number of hydrogen-bond donors (Lipinski definition) is 0. The van der Waals surface area contributed by atoms with Gasteiger partial charge in [-0.2, -0.15) is 0 Å². The molecular weight excluding hydrogens is 280 g/mol. The van der Waals surface area contributed by atoms with Crippen molar-refractivity contribution in [1.82, 2.24) is 4.98 Å². The van der Waals surface area contributed by atoms with Gasteiger partial charge >= 0.3 is 0 Å². The summed E-state index contributed by atoms with van der Waals surface area (Å²) in [5.41, 5.74) is 1.83. The zero-order chi connectivity index (χ0) is 14.8. The third kappa shape index (κ3) is 2.86. The van der Waals surface area contributed by atoms with Gasteiger partial charge in [0, 0.05) is 18.7 Å². The molecule has 0 bridgehead atoms. The van der Waals surface area contributed by atoms with Crippen LogP contribution in [0.2, 0.25) is 0 Å². The van der Waals surface area contributed by atoms with E-state index >= 15 is 0 Å². The molecule has 0 N–H and O–H groups in total. The summed E-state index contributed by atoms with van der Waals surface area (Å²) in [7, 11) is 0. The van der Waals surface area contributed by atoms with Crippen molar-refractivity contribution in [2.75, 3.05) is 18.0 Å². The Kier molecular flexibility index (Phi) is 4.06. The standard InChI is InChI=1S/C17H20N2OS/c1-12(2)14-8-9-19(10-14)17-18-16(15(11-20)21-17)13-6-4-3-5-7-13/h3-7,11-12,14H,8-10H2,1-2H3. The summed E-state index contributed by atoms with van der Waals surface area (Å²) in [4.78, 5) is 19.1. The Morgan fingerprint density at radius 3 is 2.71 bits per heavy atom. The van der Waals surface area contributed by atoms with E-state index in [1.54, 1.807) is 0 Å². The molecule has 0 aliphatic carbocycles. The lowest BCUT2D eigenvalue weighted by Crippen LogP contribution is -2.20. The van der Waals surface area contributed by atoms with Gasteiger partial charge in [0.15, 0.2) is 11.4 Å². The first kappa shape index (κ1) is 14.3. The molecule has 1 saturated heterocycles. The number of anilines is 1. The third-order valence-corrected chi connectivity index (χ3v) is 5.28. The average molecular weight is 300 g/mol. The minimum Gasteiger partial charge on any atom is -0.348 e. The number of thiazole rings is 1. The minimum absolute atomic E-state index is 0.703. The van der Waals surface area contributed by atoms with Gasteiger partial charge < -0.3 is 4.90 Å². The number of carbonyl (C=O) groups excluding carboxylic acids is 1. The van der Waals surface area contributed by atoms with Crippen LogP contribution in [-0.4, -0.2) is 24.4 Å². The van der Waals surface area contributed by atoms with Crippen LogP contribution in [0.3, 0.4) is 0 Å². The molecular formula is C17H20N2OS. The van der Waals surface area contributed by atoms with Crippen LogP contribution in [0.1, 0.15) is 29.9 Å². The maximum absolute atomic E-state index is 11.4. The fraction of sp³-hybridized carbons (Fsp3) is 0.412. The van der Waals surface area contributed by atoms with Crippen LogP contribution in [0.4, 0.5) is 5.13 Å². The second-order valence-electron chi connectivity index (χ2n) is 5.93. The fourth-order valence-corrected chi connectivity index (χ4v) is 3.78. The molecule has 0 spiro atoms. The summed E-state index contributed by atoms with van der Waals surface area (Å²) in [5.74, 6) is 1.43. The highest BCUT2D eigenvalue weighted by Crippen LogP contribution is 2.35. The Hall–Kier alpha value is -1.68. The molecule has 1 aliphatic heterocycles. The summed E-state index contributed by atoms with van der Waals surface area (Å²) >= 11 is 1.51. The molecule has 110 valence electrons. The van der Waals surface area contributed by atoms with E-state index in [2.05, 4.69) is 18.7 Å². The monoisotopic (exact) mass is 300 g/mol. The lowest BCUT2D eigenvalue weighted by atomic mass is 9.95. The van der Waals surface area contributed by atoms with Crippen molar-refractivity contribution in [3.05, 3.63) is 35.2 Å². The van der Waals surface area contributed by atoms with Crippen LogP contribution in [0.5, 0.6) is 0 Å². The lowest BCUT2D eigenvalue weighted by Gasteiger charge is -2.16. The Bertz CT molecular complexity index is 621. The minimum atomic E-state index is 0.703. The molecule has 3 nitrogen and oxygen atoms in total. The van der Waals surface area contributed by atoms with E-state index in [0.717, 1.165) is 46.6 Å². The predicted octanol–water partition coefficient (Wildman–Crippen LogP) is 4.10. The molecule has 1 aliphatic rings. The highest BCUT2D eigenvalue weighted by Gasteiger charge is 2.27. The molecule has 3 rings (SSSR count). The van der Waals surface area contributed by atoms with Gasteiger partial charge in [-0.1, -0.05) is 55.5 Å². The molecule has 1 fully saturated rings. The highest BCUT2D eigenvalue weighted by molar-refractivity contribution is 7.17. The Labute approximate surface area is 129 Å². The summed E-state index contributed by atoms with van der Waals surface area (Å²) < 4.78 is 0. The third-order valence-electron chi connectivity index (χ3n) is 4.23. The molecule has 1 atom stereocenters. The first-order chi connectivity index (χ1) is 10.2. The second-order valence-corrected chi connectivity index (χ2v) is 6.94. The van der Waals surface area contributed by atoms with Crippen LogP contribution in [-0.2, 0) is 0 Å². The number of aromatic nitrogens is 1. The highest BCUT2D eigenvalue weighted by atomic mass is 32.1. The van der Waals surface area contributed by atoms with Gasteiger partial charge in [-0.05, 0) is 18.3 Å². The normalized spacial score (nSPS) is 18.4. The summed E-state index contributed by atoms with van der Waals surface area (Å²) in [6, 6.07) is 9.95. The lowest BCUT2D eigenvalue weighted by molar-refractivity contribution is 0.112. The number of carbonyl (C=O) groups is 1. The quantitative estimate of drug-likeness (QED) is 0.797. The van der Waals surface area contributed by atoms with E-state index in [0.29, 0.717) is 5.92 Å². The molecule has 4 heteroatoms. The number of rotatable bonds is 4. The smallest absolute Gasteiger partial charge is 0.186 e. The van der Waals surface area contributed by atoms with Gasteiger partial charge in [0.25, 0.3) is 0 Å². The van der Waals surface area contributed by atoms with Gasteiger partial charge in [-0.25, -0.2) is 4.98 Å². The Morgan fingerprint density at radius 2 is 2.10 bits per heavy atom.